The van der Waals surface area contributed by atoms with Crippen LogP contribution in [0.2, 0.25) is 0 Å². The zero-order chi connectivity index (χ0) is 17.8. The van der Waals surface area contributed by atoms with Crippen LogP contribution in [-0.2, 0) is 4.79 Å². The first-order valence-electron chi connectivity index (χ1n) is 8.95. The number of fused-ring (bicyclic) bond motifs is 2. The van der Waals surface area contributed by atoms with Crippen LogP contribution < -0.4 is 15.8 Å². The van der Waals surface area contributed by atoms with Crippen molar-refractivity contribution in [3.63, 3.8) is 0 Å². The molecule has 2 fully saturated rings. The number of carbonyl (C=O) groups excluding carboxylic acids is 1. The lowest BCUT2D eigenvalue weighted by Crippen LogP contribution is -2.53. The van der Waals surface area contributed by atoms with Crippen molar-refractivity contribution >= 4 is 11.6 Å². The van der Waals surface area contributed by atoms with Crippen LogP contribution in [0, 0.1) is 22.0 Å². The lowest BCUT2D eigenvalue weighted by Gasteiger charge is -2.45. The standard InChI is InChI=1S/C18H25N3O4/c19-14-10-12-4-3-5-13(11-14)18(12)20-17(22)8-9-25-16-7-2-1-6-15(16)21(23)24/h1-2,6-7,12-14,18H,3-5,8-11,19H2,(H,20,22). The zero-order valence-electron chi connectivity index (χ0n) is 14.2. The summed E-state index contributed by atoms with van der Waals surface area (Å²) in [5, 5.41) is 14.1. The molecule has 2 unspecified atom stereocenters. The maximum absolute atomic E-state index is 12.3. The van der Waals surface area contributed by atoms with Crippen molar-refractivity contribution in [3.05, 3.63) is 34.4 Å². The first kappa shape index (κ1) is 17.7. The van der Waals surface area contributed by atoms with Gasteiger partial charge in [-0.3, -0.25) is 14.9 Å². The van der Waals surface area contributed by atoms with Crippen LogP contribution in [0.3, 0.4) is 0 Å². The van der Waals surface area contributed by atoms with Crippen molar-refractivity contribution in [3.8, 4) is 5.75 Å². The number of nitro groups is 1. The van der Waals surface area contributed by atoms with E-state index in [4.69, 9.17) is 10.5 Å². The van der Waals surface area contributed by atoms with Gasteiger partial charge in [-0.25, -0.2) is 0 Å². The van der Waals surface area contributed by atoms with Crippen LogP contribution in [0.5, 0.6) is 5.75 Å². The second-order valence-electron chi connectivity index (χ2n) is 7.10. The van der Waals surface area contributed by atoms with Gasteiger partial charge in [0.25, 0.3) is 0 Å². The Morgan fingerprint density at radius 2 is 1.96 bits per heavy atom. The number of nitro benzene ring substituents is 1. The van der Waals surface area contributed by atoms with Crippen LogP contribution in [0.1, 0.15) is 38.5 Å². The molecule has 2 saturated carbocycles. The van der Waals surface area contributed by atoms with E-state index in [1.807, 2.05) is 0 Å². The van der Waals surface area contributed by atoms with Gasteiger partial charge in [0.05, 0.1) is 18.0 Å². The fraction of sp³-hybridized carbons (Fsp3) is 0.611. The zero-order valence-corrected chi connectivity index (χ0v) is 14.2. The molecule has 0 aromatic heterocycles. The molecule has 0 heterocycles. The number of para-hydroxylation sites is 2. The van der Waals surface area contributed by atoms with E-state index in [-0.39, 0.29) is 42.5 Å². The van der Waals surface area contributed by atoms with Crippen LogP contribution in [0.25, 0.3) is 0 Å². The normalized spacial score (nSPS) is 28.2. The maximum atomic E-state index is 12.3. The van der Waals surface area contributed by atoms with Gasteiger partial charge in [-0.2, -0.15) is 0 Å². The van der Waals surface area contributed by atoms with E-state index in [1.165, 1.54) is 12.5 Å². The molecule has 1 aromatic rings. The summed E-state index contributed by atoms with van der Waals surface area (Å²) in [5.74, 6) is 1.09. The molecule has 1 aromatic carbocycles. The Kier molecular flexibility index (Phi) is 5.53. The minimum atomic E-state index is -0.484. The molecule has 1 amide bonds. The molecule has 2 aliphatic carbocycles. The quantitative estimate of drug-likeness (QED) is 0.607. The van der Waals surface area contributed by atoms with Gasteiger partial charge < -0.3 is 15.8 Å². The number of benzene rings is 1. The summed E-state index contributed by atoms with van der Waals surface area (Å²) < 4.78 is 5.45. The minimum absolute atomic E-state index is 0.0593. The molecule has 25 heavy (non-hydrogen) atoms. The van der Waals surface area contributed by atoms with Crippen molar-refractivity contribution < 1.29 is 14.5 Å². The highest BCUT2D eigenvalue weighted by molar-refractivity contribution is 5.76. The van der Waals surface area contributed by atoms with E-state index in [1.54, 1.807) is 18.2 Å². The Bertz CT molecular complexity index is 623. The Labute approximate surface area is 147 Å². The molecule has 7 nitrogen and oxygen atoms in total. The third kappa shape index (κ3) is 4.28. The van der Waals surface area contributed by atoms with Crippen molar-refractivity contribution in [2.45, 2.75) is 50.6 Å². The highest BCUT2D eigenvalue weighted by atomic mass is 16.6. The third-order valence-corrected chi connectivity index (χ3v) is 5.35. The van der Waals surface area contributed by atoms with E-state index in [9.17, 15) is 14.9 Å². The van der Waals surface area contributed by atoms with Gasteiger partial charge in [-0.05, 0) is 43.6 Å². The first-order valence-corrected chi connectivity index (χ1v) is 8.95. The third-order valence-electron chi connectivity index (χ3n) is 5.35. The Morgan fingerprint density at radius 3 is 2.64 bits per heavy atom. The number of rotatable bonds is 6. The maximum Gasteiger partial charge on any atom is 0.310 e. The van der Waals surface area contributed by atoms with Gasteiger partial charge in [0.1, 0.15) is 0 Å². The summed E-state index contributed by atoms with van der Waals surface area (Å²) in [4.78, 5) is 22.7. The van der Waals surface area contributed by atoms with Gasteiger partial charge in [-0.15, -0.1) is 0 Å². The summed E-state index contributed by atoms with van der Waals surface area (Å²) >= 11 is 0. The average Bonchev–Trinajstić information content (AvgIpc) is 2.56. The topological polar surface area (TPSA) is 107 Å². The summed E-state index contributed by atoms with van der Waals surface area (Å²) in [6.07, 6.45) is 5.62. The first-order chi connectivity index (χ1) is 12.0. The highest BCUT2D eigenvalue weighted by Gasteiger charge is 2.39. The van der Waals surface area contributed by atoms with Crippen LogP contribution in [0.15, 0.2) is 24.3 Å². The van der Waals surface area contributed by atoms with Gasteiger partial charge in [0, 0.05) is 18.2 Å². The SMILES string of the molecule is NC1CC2CCCC(C1)C2NC(=O)CCOc1ccccc1[N+](=O)[O-]. The highest BCUT2D eigenvalue weighted by Crippen LogP contribution is 2.39. The molecule has 136 valence electrons. The van der Waals surface area contributed by atoms with E-state index < -0.39 is 4.92 Å². The van der Waals surface area contributed by atoms with E-state index in [0.717, 1.165) is 25.7 Å². The van der Waals surface area contributed by atoms with Gasteiger partial charge in [0.2, 0.25) is 5.91 Å². The molecule has 0 spiro atoms. The molecule has 0 aliphatic heterocycles. The number of nitrogens with two attached hydrogens (primary N) is 1. The number of nitrogens with zero attached hydrogens (tertiary/aromatic N) is 1. The molecule has 7 heteroatoms. The molecule has 0 radical (unpaired) electrons. The number of hydrogen-bond donors (Lipinski definition) is 2. The number of ether oxygens (including phenoxy) is 1. The van der Waals surface area contributed by atoms with Crippen molar-refractivity contribution in [1.29, 1.82) is 0 Å². The number of amides is 1. The summed E-state index contributed by atoms with van der Waals surface area (Å²) in [6, 6.07) is 6.67. The lowest BCUT2D eigenvalue weighted by atomic mass is 9.67. The van der Waals surface area contributed by atoms with E-state index in [0.29, 0.717) is 11.8 Å². The molecular weight excluding hydrogens is 322 g/mol. The molecule has 3 rings (SSSR count). The lowest BCUT2D eigenvalue weighted by molar-refractivity contribution is -0.385. The smallest absolute Gasteiger partial charge is 0.310 e. The predicted molar refractivity (Wildman–Crippen MR) is 93.2 cm³/mol. The number of nitrogens with one attached hydrogen (secondary N) is 1. The van der Waals surface area contributed by atoms with Crippen LogP contribution in [-0.4, -0.2) is 29.5 Å². The predicted octanol–water partition coefficient (Wildman–Crippen LogP) is 2.39. The molecule has 3 N–H and O–H groups in total. The van der Waals surface area contributed by atoms with E-state index in [2.05, 4.69) is 5.32 Å². The second kappa shape index (κ2) is 7.82. The van der Waals surface area contributed by atoms with Crippen LogP contribution >= 0.6 is 0 Å². The molecule has 0 saturated heterocycles. The molecule has 2 bridgehead atoms. The number of carbonyl (C=O) groups is 1. The Balaban J connectivity index is 1.50. The molecule has 2 aliphatic rings. The minimum Gasteiger partial charge on any atom is -0.486 e. The average molecular weight is 347 g/mol. The second-order valence-corrected chi connectivity index (χ2v) is 7.10. The summed E-state index contributed by atoms with van der Waals surface area (Å²) in [6.45, 7) is 0.123. The fourth-order valence-corrected chi connectivity index (χ4v) is 4.27. The Morgan fingerprint density at radius 1 is 1.28 bits per heavy atom. The van der Waals surface area contributed by atoms with Crippen molar-refractivity contribution in [2.75, 3.05) is 6.61 Å². The monoisotopic (exact) mass is 347 g/mol. The molecular formula is C18H25N3O4. The summed E-state index contributed by atoms with van der Waals surface area (Å²) in [7, 11) is 0. The Hall–Kier alpha value is -2.15. The fourth-order valence-electron chi connectivity index (χ4n) is 4.27. The molecule has 2 atom stereocenters. The van der Waals surface area contributed by atoms with Crippen LogP contribution in [0.4, 0.5) is 5.69 Å². The van der Waals surface area contributed by atoms with Crippen molar-refractivity contribution in [1.82, 2.24) is 5.32 Å². The summed E-state index contributed by atoms with van der Waals surface area (Å²) in [5.41, 5.74) is 6.03. The van der Waals surface area contributed by atoms with Gasteiger partial charge in [0.15, 0.2) is 5.75 Å². The van der Waals surface area contributed by atoms with Gasteiger partial charge >= 0.3 is 5.69 Å². The van der Waals surface area contributed by atoms with E-state index >= 15 is 0 Å². The number of hydrogen-bond acceptors (Lipinski definition) is 5. The largest absolute Gasteiger partial charge is 0.486 e. The van der Waals surface area contributed by atoms with Crippen molar-refractivity contribution in [2.24, 2.45) is 17.6 Å². The van der Waals surface area contributed by atoms with Gasteiger partial charge in [-0.1, -0.05) is 18.6 Å².